The summed E-state index contributed by atoms with van der Waals surface area (Å²) in [6.07, 6.45) is 2.61. The van der Waals surface area contributed by atoms with Gasteiger partial charge in [0.15, 0.2) is 11.2 Å². The fraction of sp³-hybridized carbons (Fsp3) is 0.429. The molecule has 7 rings (SSSR count). The predicted octanol–water partition coefficient (Wildman–Crippen LogP) is 6.31. The largest absolute Gasteiger partial charge is 0.398 e. The number of amides is 1. The highest BCUT2D eigenvalue weighted by molar-refractivity contribution is 7.13. The number of imidazole rings is 1. The van der Waals surface area contributed by atoms with Gasteiger partial charge in [-0.05, 0) is 73.4 Å². The van der Waals surface area contributed by atoms with E-state index in [2.05, 4.69) is 30.1 Å². The number of hydrogen-bond acceptors (Lipinski definition) is 8. The maximum atomic E-state index is 14.7. The van der Waals surface area contributed by atoms with Gasteiger partial charge in [-0.2, -0.15) is 0 Å². The quantitative estimate of drug-likeness (QED) is 0.151. The van der Waals surface area contributed by atoms with Gasteiger partial charge in [-0.1, -0.05) is 12.1 Å². The van der Waals surface area contributed by atoms with Gasteiger partial charge in [0.1, 0.15) is 6.17 Å². The summed E-state index contributed by atoms with van der Waals surface area (Å²) in [6.45, 7) is 8.38. The molecule has 0 radical (unpaired) electrons. The fourth-order valence-electron chi connectivity index (χ4n) is 7.53. The Kier molecular flexibility index (Phi) is 8.99. The van der Waals surface area contributed by atoms with E-state index in [0.717, 1.165) is 62.5 Å². The molecule has 0 aliphatic carbocycles. The molecule has 48 heavy (non-hydrogen) atoms. The number of nitrogen functional groups attached to an aromatic ring is 1. The lowest BCUT2D eigenvalue weighted by Gasteiger charge is -2.24. The third-order valence-electron chi connectivity index (χ3n) is 9.87. The minimum Gasteiger partial charge on any atom is -0.398 e. The molecular formula is C35H39F3N8OS. The van der Waals surface area contributed by atoms with E-state index in [-0.39, 0.29) is 16.8 Å². The van der Waals surface area contributed by atoms with Crippen LogP contribution in [0.25, 0.3) is 11.1 Å². The zero-order chi connectivity index (χ0) is 33.5. The molecule has 0 spiro atoms. The maximum Gasteiger partial charge on any atom is 0.264 e. The molecule has 0 saturated carbocycles. The third kappa shape index (κ3) is 6.33. The van der Waals surface area contributed by atoms with Crippen molar-refractivity contribution < 1.29 is 18.0 Å². The number of hydrogen-bond donors (Lipinski definition) is 2. The van der Waals surface area contributed by atoms with Crippen LogP contribution in [0.1, 0.15) is 53.9 Å². The number of aliphatic imine (C=N–C) groups is 1. The minimum absolute atomic E-state index is 0.0885. The molecule has 2 saturated heterocycles. The highest BCUT2D eigenvalue weighted by Crippen LogP contribution is 2.39. The first-order valence-corrected chi connectivity index (χ1v) is 17.2. The Hall–Kier alpha value is -4.23. The number of nitrogens with one attached hydrogen (secondary N) is 1. The highest BCUT2D eigenvalue weighted by atomic mass is 32.1. The van der Waals surface area contributed by atoms with E-state index >= 15 is 0 Å². The van der Waals surface area contributed by atoms with Crippen LogP contribution in [0.4, 0.5) is 29.7 Å². The topological polar surface area (TPSA) is 105 Å². The van der Waals surface area contributed by atoms with Crippen LogP contribution in [0.3, 0.4) is 0 Å². The molecule has 13 heteroatoms. The molecule has 3 aliphatic rings. The first kappa shape index (κ1) is 32.3. The van der Waals surface area contributed by atoms with E-state index in [9.17, 15) is 18.0 Å². The fourth-order valence-corrected chi connectivity index (χ4v) is 8.06. The van der Waals surface area contributed by atoms with Gasteiger partial charge in [-0.15, -0.1) is 11.3 Å². The van der Waals surface area contributed by atoms with Crippen LogP contribution in [0.2, 0.25) is 0 Å². The summed E-state index contributed by atoms with van der Waals surface area (Å²) in [5.74, 6) is 0.579. The molecule has 2 aromatic carbocycles. The SMILES string of the molecule is Cc1c(-c2ccc(N3C[C@H]4CN(CC(C)F)C[C@H]4C3)cc2)cc(C(F)F)c(C=NC(C(=O)Nc2nccs2)c2ncn3c2CCC3)c1N. The second-order valence-electron chi connectivity index (χ2n) is 13.1. The van der Waals surface area contributed by atoms with Crippen molar-refractivity contribution in [2.24, 2.45) is 16.8 Å². The Morgan fingerprint density at radius 2 is 1.90 bits per heavy atom. The molecule has 2 unspecified atom stereocenters. The number of anilines is 3. The van der Waals surface area contributed by atoms with Crippen LogP contribution in [-0.2, 0) is 17.8 Å². The zero-order valence-electron chi connectivity index (χ0n) is 27.0. The molecule has 4 aromatic rings. The third-order valence-corrected chi connectivity index (χ3v) is 10.6. The summed E-state index contributed by atoms with van der Waals surface area (Å²) in [6, 6.07) is 8.36. The second kappa shape index (κ2) is 13.3. The van der Waals surface area contributed by atoms with Crippen LogP contribution in [0.5, 0.6) is 0 Å². The minimum atomic E-state index is -2.82. The molecule has 3 N–H and O–H groups in total. The van der Waals surface area contributed by atoms with E-state index in [1.54, 1.807) is 24.8 Å². The summed E-state index contributed by atoms with van der Waals surface area (Å²) in [4.78, 5) is 31.2. The monoisotopic (exact) mass is 676 g/mol. The van der Waals surface area contributed by atoms with Gasteiger partial charge in [0.25, 0.3) is 12.3 Å². The van der Waals surface area contributed by atoms with Crippen molar-refractivity contribution in [1.29, 1.82) is 0 Å². The van der Waals surface area contributed by atoms with Crippen LogP contribution in [0.15, 0.2) is 53.2 Å². The van der Waals surface area contributed by atoms with Crippen LogP contribution in [-0.4, -0.2) is 70.5 Å². The number of alkyl halides is 3. The standard InChI is InChI=1S/C35H39F3N8OS/c1-20(36)14-44-15-23-17-46(18-24(23)16-44)25-7-5-22(6-8-25)26-12-27(33(37)38)28(30(39)21(26)2)13-41-32(34(47)43-35-40-9-11-48-35)31-29-4-3-10-45(29)19-42-31/h5-9,11-13,19-20,23-24,32-33H,3-4,10,14-18,39H2,1-2H3,(H,40,43,47)/t20?,23-,24+,32?. The summed E-state index contributed by atoms with van der Waals surface area (Å²) in [5, 5.41) is 4.94. The molecule has 2 fully saturated rings. The Bertz CT molecular complexity index is 1790. The van der Waals surface area contributed by atoms with Crippen molar-refractivity contribution in [2.75, 3.05) is 48.7 Å². The number of benzene rings is 2. The summed E-state index contributed by atoms with van der Waals surface area (Å²) in [7, 11) is 0. The number of nitrogens with two attached hydrogens (primary N) is 1. The number of nitrogens with zero attached hydrogens (tertiary/aromatic N) is 6. The smallest absolute Gasteiger partial charge is 0.264 e. The molecule has 3 aliphatic heterocycles. The normalized spacial score (nSPS) is 20.5. The van der Waals surface area contributed by atoms with Crippen molar-refractivity contribution in [2.45, 2.75) is 51.9 Å². The molecule has 4 atom stereocenters. The average Bonchev–Trinajstić information content (AvgIpc) is 3.88. The molecule has 1 amide bonds. The van der Waals surface area contributed by atoms with Crippen LogP contribution < -0.4 is 16.0 Å². The first-order chi connectivity index (χ1) is 23.2. The number of carbonyl (C=O) groups excluding carboxylic acids is 1. The Labute approximate surface area is 281 Å². The highest BCUT2D eigenvalue weighted by Gasteiger charge is 2.40. The Balaban J connectivity index is 1.14. The van der Waals surface area contributed by atoms with E-state index in [4.69, 9.17) is 5.73 Å². The zero-order valence-corrected chi connectivity index (χ0v) is 27.8. The summed E-state index contributed by atoms with van der Waals surface area (Å²) in [5.41, 5.74) is 11.1. The van der Waals surface area contributed by atoms with Crippen molar-refractivity contribution in [1.82, 2.24) is 19.4 Å². The van der Waals surface area contributed by atoms with Crippen molar-refractivity contribution >= 4 is 40.0 Å². The maximum absolute atomic E-state index is 14.7. The van der Waals surface area contributed by atoms with Crippen LogP contribution in [0, 0.1) is 18.8 Å². The number of likely N-dealkylation sites (tertiary alicyclic amines) is 1. The van der Waals surface area contributed by atoms with E-state index in [1.807, 2.05) is 35.8 Å². The van der Waals surface area contributed by atoms with Crippen LogP contribution >= 0.6 is 11.3 Å². The second-order valence-corrected chi connectivity index (χ2v) is 14.0. The van der Waals surface area contributed by atoms with Gasteiger partial charge in [0, 0.05) is 85.3 Å². The lowest BCUT2D eigenvalue weighted by Crippen LogP contribution is -2.32. The number of carbonyl (C=O) groups is 1. The van der Waals surface area contributed by atoms with Crippen molar-refractivity contribution in [3.05, 3.63) is 76.3 Å². The number of fused-ring (bicyclic) bond motifs is 2. The van der Waals surface area contributed by atoms with Gasteiger partial charge < -0.3 is 15.2 Å². The van der Waals surface area contributed by atoms with Gasteiger partial charge in [0.05, 0.1) is 12.0 Å². The molecule has 2 aromatic heterocycles. The van der Waals surface area contributed by atoms with Crippen molar-refractivity contribution in [3.8, 4) is 11.1 Å². The summed E-state index contributed by atoms with van der Waals surface area (Å²) >= 11 is 1.27. The number of aryl methyl sites for hydroxylation is 1. The number of aromatic nitrogens is 3. The summed E-state index contributed by atoms with van der Waals surface area (Å²) < 4.78 is 44.8. The number of rotatable bonds is 10. The van der Waals surface area contributed by atoms with Crippen molar-refractivity contribution in [3.63, 3.8) is 0 Å². The first-order valence-electron chi connectivity index (χ1n) is 16.4. The van der Waals surface area contributed by atoms with Gasteiger partial charge in [0.2, 0.25) is 0 Å². The molecule has 252 valence electrons. The predicted molar refractivity (Wildman–Crippen MR) is 184 cm³/mol. The Morgan fingerprint density at radius 1 is 1.15 bits per heavy atom. The number of thiazole rings is 1. The van der Waals surface area contributed by atoms with E-state index in [0.29, 0.717) is 40.3 Å². The van der Waals surface area contributed by atoms with E-state index < -0.39 is 24.5 Å². The lowest BCUT2D eigenvalue weighted by molar-refractivity contribution is -0.117. The average molecular weight is 677 g/mol. The van der Waals surface area contributed by atoms with E-state index in [1.165, 1.54) is 23.6 Å². The molecular weight excluding hydrogens is 638 g/mol. The van der Waals surface area contributed by atoms with Gasteiger partial charge >= 0.3 is 0 Å². The Morgan fingerprint density at radius 3 is 2.56 bits per heavy atom. The molecule has 5 heterocycles. The van der Waals surface area contributed by atoms with Gasteiger partial charge in [-0.3, -0.25) is 20.0 Å². The number of halogens is 3. The van der Waals surface area contributed by atoms with Gasteiger partial charge in [-0.25, -0.2) is 23.1 Å². The lowest BCUT2D eigenvalue weighted by atomic mass is 9.92. The molecule has 0 bridgehead atoms. The molecule has 9 nitrogen and oxygen atoms in total.